The average Bonchev–Trinajstić information content (AvgIpc) is 3.18. The van der Waals surface area contributed by atoms with Crippen LogP contribution >= 0.6 is 22.6 Å². The molecule has 0 radical (unpaired) electrons. The van der Waals surface area contributed by atoms with E-state index in [4.69, 9.17) is 9.40 Å². The first-order valence-electron chi connectivity index (χ1n) is 7.39. The first-order chi connectivity index (χ1) is 11.3. The molecule has 0 spiro atoms. The number of imidazole rings is 1. The van der Waals surface area contributed by atoms with Crippen molar-refractivity contribution in [3.63, 3.8) is 0 Å². The van der Waals surface area contributed by atoms with E-state index in [1.54, 1.807) is 0 Å². The number of benzene rings is 2. The fourth-order valence-corrected chi connectivity index (χ4v) is 3.62. The lowest BCUT2D eigenvalue weighted by atomic mass is 10.1. The van der Waals surface area contributed by atoms with Gasteiger partial charge in [-0.15, -0.1) is 0 Å². The predicted molar refractivity (Wildman–Crippen MR) is 98.4 cm³/mol. The lowest BCUT2D eigenvalue weighted by Crippen LogP contribution is -2.24. The molecule has 4 nitrogen and oxygen atoms in total. The molecule has 2 aromatic carbocycles. The molecule has 0 unspecified atom stereocenters. The van der Waals surface area contributed by atoms with Gasteiger partial charge in [-0.2, -0.15) is 0 Å². The van der Waals surface area contributed by atoms with Crippen molar-refractivity contribution in [2.45, 2.75) is 6.17 Å². The summed E-state index contributed by atoms with van der Waals surface area (Å²) in [6.45, 7) is 0. The summed E-state index contributed by atoms with van der Waals surface area (Å²) in [5.74, 6) is 1.85. The van der Waals surface area contributed by atoms with Gasteiger partial charge in [-0.25, -0.2) is 4.98 Å². The number of para-hydroxylation sites is 3. The van der Waals surface area contributed by atoms with Gasteiger partial charge in [0.15, 0.2) is 9.93 Å². The largest absolute Gasteiger partial charge is 0.451 e. The van der Waals surface area contributed by atoms with Crippen LogP contribution in [-0.4, -0.2) is 9.55 Å². The van der Waals surface area contributed by atoms with E-state index in [0.717, 1.165) is 37.6 Å². The molecule has 5 heteroatoms. The number of aromatic nitrogens is 2. The molecule has 2 aromatic heterocycles. The van der Waals surface area contributed by atoms with Gasteiger partial charge in [0.1, 0.15) is 11.6 Å². The van der Waals surface area contributed by atoms with Gasteiger partial charge in [-0.05, 0) is 59.0 Å². The van der Waals surface area contributed by atoms with Crippen LogP contribution in [0.25, 0.3) is 22.4 Å². The van der Waals surface area contributed by atoms with Crippen molar-refractivity contribution < 1.29 is 4.42 Å². The van der Waals surface area contributed by atoms with Crippen molar-refractivity contribution in [3.8, 4) is 11.4 Å². The number of halogens is 1. The van der Waals surface area contributed by atoms with Crippen LogP contribution in [0.15, 0.2) is 65.1 Å². The minimum Gasteiger partial charge on any atom is -0.451 e. The van der Waals surface area contributed by atoms with E-state index in [0.29, 0.717) is 0 Å². The molecule has 23 heavy (non-hydrogen) atoms. The Morgan fingerprint density at radius 2 is 1.83 bits per heavy atom. The highest BCUT2D eigenvalue weighted by Gasteiger charge is 2.29. The van der Waals surface area contributed by atoms with E-state index in [1.165, 1.54) is 0 Å². The number of nitrogens with zero attached hydrogens (tertiary/aromatic N) is 2. The first-order valence-corrected chi connectivity index (χ1v) is 8.47. The summed E-state index contributed by atoms with van der Waals surface area (Å²) in [6.07, 6.45) is -0.101. The lowest BCUT2D eigenvalue weighted by Gasteiger charge is -2.28. The molecule has 5 rings (SSSR count). The topological polar surface area (TPSA) is 43.0 Å². The van der Waals surface area contributed by atoms with E-state index < -0.39 is 0 Å². The maximum Gasteiger partial charge on any atom is 0.165 e. The molecule has 4 aromatic rings. The van der Waals surface area contributed by atoms with E-state index in [9.17, 15) is 0 Å². The van der Waals surface area contributed by atoms with Gasteiger partial charge in [0.05, 0.1) is 11.0 Å². The number of nitrogens with one attached hydrogen (secondary N) is 1. The van der Waals surface area contributed by atoms with Gasteiger partial charge >= 0.3 is 0 Å². The van der Waals surface area contributed by atoms with Gasteiger partial charge in [0, 0.05) is 11.3 Å². The smallest absolute Gasteiger partial charge is 0.165 e. The van der Waals surface area contributed by atoms with Crippen LogP contribution in [-0.2, 0) is 0 Å². The molecule has 0 amide bonds. The van der Waals surface area contributed by atoms with Gasteiger partial charge in [-0.3, -0.25) is 4.57 Å². The van der Waals surface area contributed by atoms with Crippen LogP contribution in [0.3, 0.4) is 0 Å². The van der Waals surface area contributed by atoms with Gasteiger partial charge in [0.25, 0.3) is 0 Å². The number of hydrogen-bond donors (Lipinski definition) is 1. The molecule has 0 saturated heterocycles. The van der Waals surface area contributed by atoms with Crippen LogP contribution in [0.4, 0.5) is 5.69 Å². The summed E-state index contributed by atoms with van der Waals surface area (Å²) in [6, 6.07) is 20.5. The molecule has 0 bridgehead atoms. The molecular formula is C18H12IN3O. The summed E-state index contributed by atoms with van der Waals surface area (Å²) in [5.41, 5.74) is 4.28. The maximum atomic E-state index is 5.89. The first kappa shape index (κ1) is 13.2. The Morgan fingerprint density at radius 3 is 2.70 bits per heavy atom. The van der Waals surface area contributed by atoms with Crippen molar-refractivity contribution >= 4 is 39.3 Å². The van der Waals surface area contributed by atoms with Crippen LogP contribution < -0.4 is 5.32 Å². The number of furan rings is 1. The van der Waals surface area contributed by atoms with Gasteiger partial charge in [-0.1, -0.05) is 24.3 Å². The second kappa shape index (κ2) is 4.86. The zero-order chi connectivity index (χ0) is 15.4. The predicted octanol–water partition coefficient (Wildman–Crippen LogP) is 4.87. The highest BCUT2D eigenvalue weighted by Crippen LogP contribution is 2.40. The standard InChI is InChI=1S/C18H12IN3O/c19-16-10-9-15(23-16)18-20-12-6-2-1-5-11(12)17-21-13-7-3-4-8-14(13)22(17)18/h1-10,18,20H/t18-/m1/s1. The molecule has 0 fully saturated rings. The van der Waals surface area contributed by atoms with Gasteiger partial charge in [0.2, 0.25) is 0 Å². The molecular weight excluding hydrogens is 401 g/mol. The zero-order valence-electron chi connectivity index (χ0n) is 12.0. The van der Waals surface area contributed by atoms with Crippen LogP contribution in [0.5, 0.6) is 0 Å². The van der Waals surface area contributed by atoms with E-state index in [-0.39, 0.29) is 6.17 Å². The Bertz CT molecular complexity index is 1030. The molecule has 1 aliphatic heterocycles. The van der Waals surface area contributed by atoms with Gasteiger partial charge < -0.3 is 9.73 Å². The van der Waals surface area contributed by atoms with Crippen LogP contribution in [0.1, 0.15) is 11.9 Å². The fourth-order valence-electron chi connectivity index (χ4n) is 3.19. The van der Waals surface area contributed by atoms with Crippen molar-refractivity contribution in [2.24, 2.45) is 0 Å². The number of fused-ring (bicyclic) bond motifs is 5. The number of hydrogen-bond acceptors (Lipinski definition) is 3. The minimum atomic E-state index is -0.101. The summed E-state index contributed by atoms with van der Waals surface area (Å²) in [4.78, 5) is 4.86. The molecule has 1 atom stereocenters. The number of rotatable bonds is 1. The molecule has 0 saturated carbocycles. The van der Waals surface area contributed by atoms with Crippen LogP contribution in [0, 0.1) is 3.77 Å². The second-order valence-electron chi connectivity index (χ2n) is 5.53. The molecule has 1 aliphatic rings. The quantitative estimate of drug-likeness (QED) is 0.453. The Morgan fingerprint density at radius 1 is 1.00 bits per heavy atom. The average molecular weight is 413 g/mol. The Hall–Kier alpha value is -2.28. The van der Waals surface area contributed by atoms with Crippen LogP contribution in [0.2, 0.25) is 0 Å². The third-order valence-corrected chi connectivity index (χ3v) is 4.76. The monoisotopic (exact) mass is 413 g/mol. The SMILES string of the molecule is Ic1ccc([C@@H]2Nc3ccccc3-c3nc4ccccc4n32)o1. The Kier molecular flexibility index (Phi) is 2.78. The zero-order valence-corrected chi connectivity index (χ0v) is 14.2. The molecule has 112 valence electrons. The minimum absolute atomic E-state index is 0.101. The van der Waals surface area contributed by atoms with Crippen molar-refractivity contribution in [3.05, 3.63) is 70.2 Å². The van der Waals surface area contributed by atoms with E-state index >= 15 is 0 Å². The maximum absolute atomic E-state index is 5.89. The molecule has 1 N–H and O–H groups in total. The Labute approximate surface area is 146 Å². The normalized spacial score (nSPS) is 16.0. The molecule has 3 heterocycles. The summed E-state index contributed by atoms with van der Waals surface area (Å²) in [7, 11) is 0. The van der Waals surface area contributed by atoms with Crippen molar-refractivity contribution in [1.29, 1.82) is 0 Å². The lowest BCUT2D eigenvalue weighted by molar-refractivity contribution is 0.438. The fraction of sp³-hybridized carbons (Fsp3) is 0.0556. The van der Waals surface area contributed by atoms with Crippen molar-refractivity contribution in [1.82, 2.24) is 9.55 Å². The summed E-state index contributed by atoms with van der Waals surface area (Å²) in [5, 5.41) is 3.59. The third kappa shape index (κ3) is 1.92. The van der Waals surface area contributed by atoms with E-state index in [2.05, 4.69) is 50.7 Å². The number of anilines is 1. The highest BCUT2D eigenvalue weighted by atomic mass is 127. The third-order valence-electron chi connectivity index (χ3n) is 4.18. The summed E-state index contributed by atoms with van der Waals surface area (Å²) >= 11 is 2.19. The van der Waals surface area contributed by atoms with E-state index in [1.807, 2.05) is 42.5 Å². The highest BCUT2D eigenvalue weighted by molar-refractivity contribution is 14.1. The molecule has 0 aliphatic carbocycles. The second-order valence-corrected chi connectivity index (χ2v) is 6.59. The Balaban J connectivity index is 1.84. The van der Waals surface area contributed by atoms with Crippen molar-refractivity contribution in [2.75, 3.05) is 5.32 Å². The summed E-state index contributed by atoms with van der Waals surface area (Å²) < 4.78 is 8.98.